The predicted molar refractivity (Wildman–Crippen MR) is 66.2 cm³/mol. The van der Waals surface area contributed by atoms with Crippen LogP contribution in [-0.2, 0) is 17.9 Å². The Morgan fingerprint density at radius 3 is 2.69 bits per heavy atom. The van der Waals surface area contributed by atoms with Gasteiger partial charge >= 0.3 is 0 Å². The number of halogens is 1. The van der Waals surface area contributed by atoms with E-state index < -0.39 is 0 Å². The Kier molecular flexibility index (Phi) is 4.77. The van der Waals surface area contributed by atoms with Crippen LogP contribution in [0.25, 0.3) is 0 Å². The number of carbonyl (C=O) groups is 1. The molecule has 1 aromatic rings. The summed E-state index contributed by atoms with van der Waals surface area (Å²) in [6.45, 7) is 2.18. The van der Waals surface area contributed by atoms with Crippen molar-refractivity contribution in [2.45, 2.75) is 25.9 Å². The number of carbonyl (C=O) groups excluding carboxylic acids is 1. The van der Waals surface area contributed by atoms with Gasteiger partial charge in [0.15, 0.2) is 0 Å². The van der Waals surface area contributed by atoms with Crippen LogP contribution in [0.15, 0.2) is 24.3 Å². The van der Waals surface area contributed by atoms with Gasteiger partial charge in [0.1, 0.15) is 0 Å². The highest BCUT2D eigenvalue weighted by Gasteiger charge is 2.19. The number of nitrogens with zero attached hydrogens (tertiary/aromatic N) is 1. The minimum atomic E-state index is 0. The quantitative estimate of drug-likeness (QED) is 0.874. The fraction of sp³-hybridized carbons (Fsp3) is 0.417. The smallest absolute Gasteiger partial charge is 0.222 e. The van der Waals surface area contributed by atoms with E-state index in [4.69, 9.17) is 5.73 Å². The van der Waals surface area contributed by atoms with E-state index in [0.717, 1.165) is 25.1 Å². The number of benzene rings is 1. The third kappa shape index (κ3) is 2.97. The molecular formula is C12H17ClN2O. The van der Waals surface area contributed by atoms with Crippen LogP contribution in [0.5, 0.6) is 0 Å². The van der Waals surface area contributed by atoms with Crippen molar-refractivity contribution >= 4 is 18.3 Å². The van der Waals surface area contributed by atoms with Gasteiger partial charge in [0.05, 0.1) is 0 Å². The first-order valence-corrected chi connectivity index (χ1v) is 5.35. The molecule has 1 saturated heterocycles. The molecule has 1 aromatic carbocycles. The van der Waals surface area contributed by atoms with Gasteiger partial charge in [0, 0.05) is 26.1 Å². The lowest BCUT2D eigenvalue weighted by Gasteiger charge is -2.15. The lowest BCUT2D eigenvalue weighted by Crippen LogP contribution is -2.23. The highest BCUT2D eigenvalue weighted by atomic mass is 35.5. The molecule has 3 nitrogen and oxygen atoms in total. The van der Waals surface area contributed by atoms with Gasteiger partial charge < -0.3 is 10.6 Å². The first kappa shape index (κ1) is 13.0. The van der Waals surface area contributed by atoms with Crippen molar-refractivity contribution in [3.8, 4) is 0 Å². The Balaban J connectivity index is 0.00000128. The molecule has 1 aliphatic heterocycles. The molecule has 0 atom stereocenters. The van der Waals surface area contributed by atoms with Crippen LogP contribution in [0.3, 0.4) is 0 Å². The molecule has 0 aliphatic carbocycles. The standard InChI is InChI=1S/C12H16N2O.ClH/c13-8-10-3-1-4-11(7-10)9-14-6-2-5-12(14)15;/h1,3-4,7H,2,5-6,8-9,13H2;1H. The lowest BCUT2D eigenvalue weighted by atomic mass is 10.1. The molecule has 0 unspecified atom stereocenters. The maximum Gasteiger partial charge on any atom is 0.222 e. The molecule has 0 spiro atoms. The second-order valence-electron chi connectivity index (χ2n) is 3.94. The third-order valence-electron chi connectivity index (χ3n) is 2.77. The first-order valence-electron chi connectivity index (χ1n) is 5.35. The van der Waals surface area contributed by atoms with E-state index in [1.165, 1.54) is 5.56 Å². The van der Waals surface area contributed by atoms with Gasteiger partial charge in [-0.3, -0.25) is 4.79 Å². The molecule has 1 heterocycles. The number of hydrogen-bond donors (Lipinski definition) is 1. The fourth-order valence-electron chi connectivity index (χ4n) is 1.95. The summed E-state index contributed by atoms with van der Waals surface area (Å²) in [6.07, 6.45) is 1.70. The summed E-state index contributed by atoms with van der Waals surface area (Å²) in [5.41, 5.74) is 7.87. The normalized spacial score (nSPS) is 15.1. The molecule has 2 N–H and O–H groups in total. The van der Waals surface area contributed by atoms with E-state index in [-0.39, 0.29) is 18.3 Å². The zero-order valence-electron chi connectivity index (χ0n) is 9.19. The molecule has 16 heavy (non-hydrogen) atoms. The van der Waals surface area contributed by atoms with Gasteiger partial charge in [0.2, 0.25) is 5.91 Å². The van der Waals surface area contributed by atoms with Gasteiger partial charge in [0.25, 0.3) is 0 Å². The molecule has 2 rings (SSSR count). The van der Waals surface area contributed by atoms with Crippen molar-refractivity contribution in [2.75, 3.05) is 6.54 Å². The summed E-state index contributed by atoms with van der Waals surface area (Å²) in [7, 11) is 0. The Morgan fingerprint density at radius 1 is 1.31 bits per heavy atom. The average Bonchev–Trinajstić information content (AvgIpc) is 2.65. The van der Waals surface area contributed by atoms with Crippen LogP contribution in [0.2, 0.25) is 0 Å². The van der Waals surface area contributed by atoms with Crippen LogP contribution in [-0.4, -0.2) is 17.4 Å². The van der Waals surface area contributed by atoms with Crippen molar-refractivity contribution in [1.29, 1.82) is 0 Å². The number of nitrogens with two attached hydrogens (primary N) is 1. The van der Waals surface area contributed by atoms with E-state index in [2.05, 4.69) is 6.07 Å². The summed E-state index contributed by atoms with van der Waals surface area (Å²) in [5.74, 6) is 0.271. The van der Waals surface area contributed by atoms with Crippen molar-refractivity contribution < 1.29 is 4.79 Å². The Hall–Kier alpha value is -1.06. The third-order valence-corrected chi connectivity index (χ3v) is 2.77. The second kappa shape index (κ2) is 5.87. The molecule has 1 aliphatic rings. The van der Waals surface area contributed by atoms with Crippen LogP contribution in [0.4, 0.5) is 0 Å². The minimum absolute atomic E-state index is 0. The van der Waals surface area contributed by atoms with E-state index in [9.17, 15) is 4.79 Å². The van der Waals surface area contributed by atoms with Crippen molar-refractivity contribution in [2.24, 2.45) is 5.73 Å². The van der Waals surface area contributed by atoms with Gasteiger partial charge in [-0.25, -0.2) is 0 Å². The largest absolute Gasteiger partial charge is 0.338 e. The highest BCUT2D eigenvalue weighted by Crippen LogP contribution is 2.14. The van der Waals surface area contributed by atoms with Gasteiger partial charge in [-0.05, 0) is 17.5 Å². The van der Waals surface area contributed by atoms with E-state index >= 15 is 0 Å². The number of amides is 1. The van der Waals surface area contributed by atoms with E-state index in [1.807, 2.05) is 23.1 Å². The topological polar surface area (TPSA) is 46.3 Å². The summed E-state index contributed by atoms with van der Waals surface area (Å²) in [4.78, 5) is 13.3. The summed E-state index contributed by atoms with van der Waals surface area (Å²) in [5, 5.41) is 0. The minimum Gasteiger partial charge on any atom is -0.338 e. The number of rotatable bonds is 3. The molecule has 4 heteroatoms. The molecule has 0 saturated carbocycles. The lowest BCUT2D eigenvalue weighted by molar-refractivity contribution is -0.128. The molecule has 88 valence electrons. The SMILES string of the molecule is Cl.NCc1cccc(CN2CCCC2=O)c1. The van der Waals surface area contributed by atoms with Crippen molar-refractivity contribution in [1.82, 2.24) is 4.90 Å². The van der Waals surface area contributed by atoms with Crippen molar-refractivity contribution in [3.05, 3.63) is 35.4 Å². The Morgan fingerprint density at radius 2 is 2.06 bits per heavy atom. The molecule has 0 bridgehead atoms. The van der Waals surface area contributed by atoms with Crippen LogP contribution >= 0.6 is 12.4 Å². The van der Waals surface area contributed by atoms with E-state index in [0.29, 0.717) is 13.0 Å². The highest BCUT2D eigenvalue weighted by molar-refractivity contribution is 5.85. The van der Waals surface area contributed by atoms with Crippen LogP contribution in [0, 0.1) is 0 Å². The Labute approximate surface area is 102 Å². The zero-order chi connectivity index (χ0) is 10.7. The molecular weight excluding hydrogens is 224 g/mol. The van der Waals surface area contributed by atoms with Crippen LogP contribution < -0.4 is 5.73 Å². The van der Waals surface area contributed by atoms with Gasteiger partial charge in [-0.15, -0.1) is 12.4 Å². The van der Waals surface area contributed by atoms with Crippen molar-refractivity contribution in [3.63, 3.8) is 0 Å². The summed E-state index contributed by atoms with van der Waals surface area (Å²) >= 11 is 0. The first-order chi connectivity index (χ1) is 7.29. The second-order valence-corrected chi connectivity index (χ2v) is 3.94. The number of likely N-dealkylation sites (tertiary alicyclic amines) is 1. The fourth-order valence-corrected chi connectivity index (χ4v) is 1.95. The van der Waals surface area contributed by atoms with Crippen LogP contribution in [0.1, 0.15) is 24.0 Å². The summed E-state index contributed by atoms with van der Waals surface area (Å²) < 4.78 is 0. The van der Waals surface area contributed by atoms with Gasteiger partial charge in [-0.2, -0.15) is 0 Å². The molecule has 0 aromatic heterocycles. The number of hydrogen-bond acceptors (Lipinski definition) is 2. The van der Waals surface area contributed by atoms with Gasteiger partial charge in [-0.1, -0.05) is 24.3 Å². The maximum absolute atomic E-state index is 11.4. The average molecular weight is 241 g/mol. The van der Waals surface area contributed by atoms with E-state index in [1.54, 1.807) is 0 Å². The molecule has 1 fully saturated rings. The molecule has 1 amide bonds. The zero-order valence-corrected chi connectivity index (χ0v) is 10.0. The monoisotopic (exact) mass is 240 g/mol. The molecule has 0 radical (unpaired) electrons. The predicted octanol–water partition coefficient (Wildman–Crippen LogP) is 1.69. The maximum atomic E-state index is 11.4. The Bertz CT molecular complexity index is 368. The summed E-state index contributed by atoms with van der Waals surface area (Å²) in [6, 6.07) is 8.13.